The van der Waals surface area contributed by atoms with Crippen LogP contribution >= 0.6 is 0 Å². The van der Waals surface area contributed by atoms with Crippen LogP contribution in [0.2, 0.25) is 0 Å². The number of methoxy groups -OCH3 is 2. The van der Waals surface area contributed by atoms with Crippen molar-refractivity contribution in [2.75, 3.05) is 60.3 Å². The Morgan fingerprint density at radius 1 is 0.640 bits per heavy atom. The molecular weight excluding hydrogens is 1130 g/mol. The van der Waals surface area contributed by atoms with Gasteiger partial charge in [0.25, 0.3) is 35.2 Å². The van der Waals surface area contributed by atoms with E-state index in [1.807, 2.05) is 25.7 Å². The Bertz CT molecular complexity index is 3690. The van der Waals surface area contributed by atoms with Crippen LogP contribution in [0.5, 0.6) is 17.2 Å². The molecule has 7 N–H and O–H groups in total. The van der Waals surface area contributed by atoms with Gasteiger partial charge in [0, 0.05) is 124 Å². The number of aromatic amines is 1. The van der Waals surface area contributed by atoms with Gasteiger partial charge in [-0.15, -0.1) is 0 Å². The van der Waals surface area contributed by atoms with Gasteiger partial charge >= 0.3 is 11.9 Å². The minimum atomic E-state index is -4.64. The van der Waals surface area contributed by atoms with Crippen molar-refractivity contribution in [1.29, 1.82) is 0 Å². The average Bonchev–Trinajstić information content (AvgIpc) is 1.72. The van der Waals surface area contributed by atoms with Crippen molar-refractivity contribution in [2.45, 2.75) is 71.1 Å². The molecule has 2 saturated heterocycles. The number of amides is 4. The largest absolute Gasteiger partial charge is 0.496 e. The van der Waals surface area contributed by atoms with Crippen LogP contribution in [0.3, 0.4) is 0 Å². The first-order valence-electron chi connectivity index (χ1n) is 26.7. The predicted octanol–water partition coefficient (Wildman–Crippen LogP) is 7.01. The van der Waals surface area contributed by atoms with E-state index in [0.717, 1.165) is 17.2 Å². The number of nitro benzene ring substituents is 1. The molecule has 7 aromatic rings. The fraction of sp³-hybridized carbons (Fsp3) is 0.322. The van der Waals surface area contributed by atoms with Gasteiger partial charge in [-0.05, 0) is 87.4 Å². The highest BCUT2D eigenvalue weighted by Gasteiger charge is 2.37. The molecule has 4 heterocycles. The van der Waals surface area contributed by atoms with E-state index in [2.05, 4.69) is 43.1 Å². The van der Waals surface area contributed by atoms with Crippen LogP contribution in [-0.2, 0) is 28.9 Å². The number of Topliss-reactive ketones (excluding diaryl/α,β-unsaturated/α-hetero) is 2. The van der Waals surface area contributed by atoms with Crippen molar-refractivity contribution in [3.8, 4) is 17.2 Å². The number of nitrogens with zero attached hydrogens (tertiary/aromatic N) is 6. The summed E-state index contributed by atoms with van der Waals surface area (Å²) < 4.78 is 75.3. The number of hydrogen-bond acceptors (Lipinski definition) is 15. The zero-order chi connectivity index (χ0) is 63.1. The average molecular weight is 1200 g/mol. The lowest BCUT2D eigenvalue weighted by atomic mass is 10.0. The van der Waals surface area contributed by atoms with Gasteiger partial charge in [-0.2, -0.15) is 19.1 Å². The van der Waals surface area contributed by atoms with E-state index in [1.165, 1.54) is 69.7 Å². The van der Waals surface area contributed by atoms with Crippen molar-refractivity contribution < 1.29 is 70.0 Å². The zero-order valence-electron chi connectivity index (χ0n) is 48.1. The quantitative estimate of drug-likeness (QED) is 0.0183. The number of hydrogen-bond donors (Lipinski definition) is 5. The zero-order valence-corrected chi connectivity index (χ0v) is 48.1. The summed E-state index contributed by atoms with van der Waals surface area (Å²) in [6, 6.07) is 21.1. The molecule has 2 aliphatic rings. The number of rotatable bonds is 14. The third-order valence-electron chi connectivity index (χ3n) is 14.9. The van der Waals surface area contributed by atoms with Crippen LogP contribution in [0.15, 0.2) is 103 Å². The lowest BCUT2D eigenvalue weighted by molar-refractivity contribution is -0.386. The Labute approximate surface area is 489 Å². The number of piperazine rings is 2. The van der Waals surface area contributed by atoms with Gasteiger partial charge in [0.15, 0.2) is 0 Å². The van der Waals surface area contributed by atoms with Crippen LogP contribution in [0.25, 0.3) is 21.8 Å². The Balaban J connectivity index is 0.000000200. The molecular formula is C59H64F5N11O11. The summed E-state index contributed by atoms with van der Waals surface area (Å²) in [5, 5.41) is 15.9. The first-order chi connectivity index (χ1) is 40.7. The molecule has 2 aliphatic heterocycles. The van der Waals surface area contributed by atoms with E-state index in [1.54, 1.807) is 53.4 Å². The maximum Gasteiger partial charge on any atom is 0.416 e. The summed E-state index contributed by atoms with van der Waals surface area (Å²) in [6.07, 6.45) is -1.80. The number of likely N-dealkylation sites (N-methyl/N-ethyl adjacent to an activating group) is 2. The number of H-pyrrole nitrogens is 1. The van der Waals surface area contributed by atoms with Crippen molar-refractivity contribution in [3.63, 3.8) is 0 Å². The summed E-state index contributed by atoms with van der Waals surface area (Å²) in [7, 11) is 5.72. The second-order valence-corrected chi connectivity index (χ2v) is 20.6. The highest BCUT2D eigenvalue weighted by atomic mass is 19.4. The number of nitro groups is 1. The fourth-order valence-electron chi connectivity index (χ4n) is 10.2. The number of ketones is 2. The highest BCUT2D eigenvalue weighted by molar-refractivity contribution is 6.45. The molecule has 0 bridgehead atoms. The van der Waals surface area contributed by atoms with Crippen LogP contribution < -0.4 is 36.7 Å². The summed E-state index contributed by atoms with van der Waals surface area (Å²) in [6.45, 7) is 11.6. The van der Waals surface area contributed by atoms with E-state index < -0.39 is 51.5 Å². The van der Waals surface area contributed by atoms with Gasteiger partial charge < -0.3 is 45.6 Å². The van der Waals surface area contributed by atoms with E-state index in [-0.39, 0.29) is 64.3 Å². The van der Waals surface area contributed by atoms with E-state index in [0.29, 0.717) is 90.3 Å². The van der Waals surface area contributed by atoms with Crippen LogP contribution in [0.1, 0.15) is 85.8 Å². The Morgan fingerprint density at radius 3 is 1.55 bits per heavy atom. The maximum absolute atomic E-state index is 13.7. The number of fused-ring (bicyclic) bond motifs is 2. The van der Waals surface area contributed by atoms with Crippen LogP contribution in [0, 0.1) is 21.7 Å². The number of carbonyl (C=O) groups is 6. The number of nitrogen functional groups attached to an aromatic ring is 1. The number of nitrogens with one attached hydrogen (secondary N) is 3. The number of aromatic nitrogens is 2. The molecule has 22 nitrogen and oxygen atoms in total. The Hall–Kier alpha value is -9.47. The van der Waals surface area contributed by atoms with Gasteiger partial charge in [0.1, 0.15) is 23.1 Å². The molecule has 5 aromatic carbocycles. The minimum absolute atomic E-state index is 0.0560. The maximum atomic E-state index is 13.7. The van der Waals surface area contributed by atoms with Crippen LogP contribution in [0.4, 0.5) is 27.6 Å². The molecule has 456 valence electrons. The number of carbonyl (C=O) groups excluding carboxylic acids is 6. The molecule has 2 aromatic heterocycles. The topological polar surface area (TPSA) is 283 Å². The van der Waals surface area contributed by atoms with Crippen molar-refractivity contribution in [3.05, 3.63) is 164 Å². The molecule has 0 spiro atoms. The summed E-state index contributed by atoms with van der Waals surface area (Å²) in [5.74, 6) is 7.08. The third kappa shape index (κ3) is 14.2. The fourth-order valence-corrected chi connectivity index (χ4v) is 10.2. The lowest BCUT2D eigenvalue weighted by Gasteiger charge is -2.44. The predicted molar refractivity (Wildman–Crippen MR) is 307 cm³/mol. The summed E-state index contributed by atoms with van der Waals surface area (Å²) >= 11 is 0. The molecule has 27 heteroatoms. The van der Waals surface area contributed by atoms with Crippen molar-refractivity contribution in [1.82, 2.24) is 39.9 Å². The standard InChI is InChI=1S/C26H30FN5O4.C26H29FN4O4.C7H5F3N2O3/c1-15-12-31(16(2)11-30(15)13-17-5-7-18(27)8-6-17)26(35)20-9-19-21(24(33)25(34)29-3)14-32(28)22(19)10-23(20)36-4;1-15-13-31(16(2)12-30(15)14-17-5-7-18(27)8-6-17)26(34)20-9-19-21(24(32)25(33)28-3)11-29-22(19)10-23(20)35-4;8-7(9,10)4-1-2-6(15-11)5(3-4)12(13)14/h5-10,14-16H,11-13,28H2,1-4H3,(H,29,34);5-11,15-16,29H,12-14H2,1-4H3,(H,28,33);1-3H,11H2/t2*15-,16+;/m00./s1. The number of benzene rings is 5. The SMILES string of the molecule is CNC(=O)C(=O)c1c[nH]c2cc(OC)c(C(=O)N3C[C@H](C)N(Cc4ccc(F)cc4)C[C@H]3C)cc12.CNC(=O)C(=O)c1cn(N)c2cc(OC)c(C(=O)N3C[C@H](C)N(Cc4ccc(F)cc4)C[C@H]3C)cc12.NOc1ccc(C(F)(F)F)cc1[N+](=O)[O-]. The minimum Gasteiger partial charge on any atom is -0.496 e. The molecule has 4 amide bonds. The van der Waals surface area contributed by atoms with Crippen LogP contribution in [-0.4, -0.2) is 148 Å². The van der Waals surface area contributed by atoms with E-state index in [4.69, 9.17) is 15.3 Å². The first-order valence-corrected chi connectivity index (χ1v) is 26.7. The Morgan fingerprint density at radius 2 is 1.10 bits per heavy atom. The lowest BCUT2D eigenvalue weighted by Crippen LogP contribution is -2.57. The van der Waals surface area contributed by atoms with E-state index >= 15 is 0 Å². The molecule has 0 aliphatic carbocycles. The monoisotopic (exact) mass is 1200 g/mol. The number of alkyl halides is 3. The molecule has 2 fully saturated rings. The van der Waals surface area contributed by atoms with Gasteiger partial charge in [-0.1, -0.05) is 24.3 Å². The van der Waals surface area contributed by atoms with Gasteiger partial charge in [-0.3, -0.25) is 53.4 Å². The third-order valence-corrected chi connectivity index (χ3v) is 14.9. The summed E-state index contributed by atoms with van der Waals surface area (Å²) in [5.41, 5.74) is 2.03. The molecule has 0 saturated carbocycles. The van der Waals surface area contributed by atoms with Gasteiger partial charge in [0.2, 0.25) is 5.75 Å². The number of halogens is 5. The molecule has 0 unspecified atom stereocenters. The number of nitrogens with two attached hydrogens (primary N) is 2. The van der Waals surface area contributed by atoms with Gasteiger partial charge in [0.05, 0.1) is 52.5 Å². The summed E-state index contributed by atoms with van der Waals surface area (Å²) in [4.78, 5) is 101. The van der Waals surface area contributed by atoms with E-state index in [9.17, 15) is 60.8 Å². The van der Waals surface area contributed by atoms with Gasteiger partial charge in [-0.25, -0.2) is 8.78 Å². The smallest absolute Gasteiger partial charge is 0.416 e. The number of ether oxygens (including phenoxy) is 2. The second kappa shape index (κ2) is 27.1. The molecule has 86 heavy (non-hydrogen) atoms. The Kier molecular flexibility index (Phi) is 20.2. The molecule has 0 radical (unpaired) electrons. The van der Waals surface area contributed by atoms with Crippen molar-refractivity contribution >= 4 is 62.7 Å². The second-order valence-electron chi connectivity index (χ2n) is 20.6. The highest BCUT2D eigenvalue weighted by Crippen LogP contribution is 2.37. The molecule has 9 rings (SSSR count). The van der Waals surface area contributed by atoms with Crippen molar-refractivity contribution in [2.24, 2.45) is 5.90 Å². The normalized spacial score (nSPS) is 17.1. The molecule has 4 atom stereocenters. The first kappa shape index (κ1) is 64.1.